The maximum Gasteiger partial charge on any atom is 0.244 e. The lowest BCUT2D eigenvalue weighted by molar-refractivity contribution is -0.119. The number of benzene rings is 1. The molecule has 2 aliphatic rings. The molecule has 1 aromatic carbocycles. The summed E-state index contributed by atoms with van der Waals surface area (Å²) in [4.78, 5) is 18.0. The largest absolute Gasteiger partial charge is 0.493 e. The standard InChI is InChI=1S/C32H38N4O4/c1-19-16-20(2)34-31-29(19)24(18-33)26(11-13-28(37)35-21-14-15-40-32(3,4)17-21)36(31)25-9-7-8-23-22(25)10-12-27(38-5)30(23)39-6/h10-13,16,21,25H,7-9,14-15,17H2,1-6H3,(H,35,37)/b13-11+. The van der Waals surface area contributed by atoms with Gasteiger partial charge in [-0.05, 0) is 89.1 Å². The zero-order valence-electron chi connectivity index (χ0n) is 24.3. The van der Waals surface area contributed by atoms with Crippen LogP contribution in [-0.2, 0) is 16.0 Å². The molecule has 5 rings (SSSR count). The number of carbonyl (C=O) groups excluding carboxylic acids is 1. The van der Waals surface area contributed by atoms with Crippen LogP contribution in [0.1, 0.15) is 79.2 Å². The van der Waals surface area contributed by atoms with Crippen molar-refractivity contribution in [1.29, 1.82) is 5.26 Å². The molecule has 1 aliphatic carbocycles. The number of nitrogens with zero attached hydrogens (tertiary/aromatic N) is 3. The first-order valence-corrected chi connectivity index (χ1v) is 14.0. The number of ether oxygens (including phenoxy) is 3. The van der Waals surface area contributed by atoms with Crippen LogP contribution < -0.4 is 14.8 Å². The number of aromatic nitrogens is 2. The summed E-state index contributed by atoms with van der Waals surface area (Å²) < 4.78 is 19.3. The van der Waals surface area contributed by atoms with Crippen LogP contribution in [-0.4, -0.2) is 47.9 Å². The summed E-state index contributed by atoms with van der Waals surface area (Å²) in [6.45, 7) is 8.69. The van der Waals surface area contributed by atoms with Crippen LogP contribution >= 0.6 is 0 Å². The van der Waals surface area contributed by atoms with E-state index in [0.717, 1.165) is 71.3 Å². The molecule has 40 heavy (non-hydrogen) atoms. The lowest BCUT2D eigenvalue weighted by atomic mass is 9.86. The van der Waals surface area contributed by atoms with Crippen LogP contribution in [0.15, 0.2) is 24.3 Å². The van der Waals surface area contributed by atoms with Crippen molar-refractivity contribution in [3.63, 3.8) is 0 Å². The number of nitrogens with one attached hydrogen (secondary N) is 1. The van der Waals surface area contributed by atoms with Gasteiger partial charge in [0.15, 0.2) is 11.5 Å². The Labute approximate surface area is 235 Å². The molecule has 1 fully saturated rings. The fourth-order valence-electron chi connectivity index (χ4n) is 6.49. The Morgan fingerprint density at radius 3 is 2.75 bits per heavy atom. The fourth-order valence-corrected chi connectivity index (χ4v) is 6.49. The average molecular weight is 543 g/mol. The smallest absolute Gasteiger partial charge is 0.244 e. The monoisotopic (exact) mass is 542 g/mol. The maximum absolute atomic E-state index is 13.1. The first-order chi connectivity index (χ1) is 19.2. The van der Waals surface area contributed by atoms with Gasteiger partial charge < -0.3 is 24.1 Å². The minimum atomic E-state index is -0.264. The highest BCUT2D eigenvalue weighted by Gasteiger charge is 2.32. The Hall–Kier alpha value is -3.83. The number of rotatable bonds is 6. The van der Waals surface area contributed by atoms with Crippen LogP contribution in [0.2, 0.25) is 0 Å². The van der Waals surface area contributed by atoms with Gasteiger partial charge in [0.25, 0.3) is 0 Å². The normalized spacial score (nSPS) is 20.2. The van der Waals surface area contributed by atoms with E-state index in [1.807, 2.05) is 39.8 Å². The number of nitriles is 1. The van der Waals surface area contributed by atoms with Crippen molar-refractivity contribution in [2.45, 2.75) is 77.5 Å². The third kappa shape index (κ3) is 5.06. The molecule has 0 spiro atoms. The molecule has 8 nitrogen and oxygen atoms in total. The molecule has 3 aromatic rings. The molecule has 0 saturated carbocycles. The second kappa shape index (κ2) is 11.0. The predicted molar refractivity (Wildman–Crippen MR) is 155 cm³/mol. The first kappa shape index (κ1) is 27.7. The summed E-state index contributed by atoms with van der Waals surface area (Å²) in [6.07, 6.45) is 7.55. The Kier molecular flexibility index (Phi) is 7.61. The van der Waals surface area contributed by atoms with Gasteiger partial charge in [0.05, 0.1) is 37.1 Å². The number of hydrogen-bond donors (Lipinski definition) is 1. The summed E-state index contributed by atoms with van der Waals surface area (Å²) in [7, 11) is 3.31. The molecule has 0 bridgehead atoms. The zero-order chi connectivity index (χ0) is 28.6. The zero-order valence-corrected chi connectivity index (χ0v) is 24.3. The van der Waals surface area contributed by atoms with E-state index >= 15 is 0 Å². The molecule has 1 saturated heterocycles. The number of pyridine rings is 1. The Morgan fingerprint density at radius 1 is 1.25 bits per heavy atom. The molecule has 1 aliphatic heterocycles. The first-order valence-electron chi connectivity index (χ1n) is 14.0. The van der Waals surface area contributed by atoms with E-state index in [0.29, 0.717) is 23.6 Å². The van der Waals surface area contributed by atoms with E-state index in [-0.39, 0.29) is 23.6 Å². The molecular weight excluding hydrogens is 504 g/mol. The van der Waals surface area contributed by atoms with E-state index < -0.39 is 0 Å². The van der Waals surface area contributed by atoms with Gasteiger partial charge in [-0.25, -0.2) is 4.98 Å². The molecule has 210 valence electrons. The third-order valence-corrected chi connectivity index (χ3v) is 8.13. The number of methoxy groups -OCH3 is 2. The minimum Gasteiger partial charge on any atom is -0.493 e. The van der Waals surface area contributed by atoms with Gasteiger partial charge in [-0.3, -0.25) is 4.79 Å². The second-order valence-corrected chi connectivity index (χ2v) is 11.4. The number of aryl methyl sites for hydroxylation is 2. The van der Waals surface area contributed by atoms with E-state index in [9.17, 15) is 10.1 Å². The Balaban J connectivity index is 1.63. The van der Waals surface area contributed by atoms with Gasteiger partial charge >= 0.3 is 0 Å². The fraction of sp³-hybridized carbons (Fsp3) is 0.469. The topological polar surface area (TPSA) is 98.4 Å². The van der Waals surface area contributed by atoms with E-state index in [2.05, 4.69) is 22.0 Å². The second-order valence-electron chi connectivity index (χ2n) is 11.4. The van der Waals surface area contributed by atoms with Gasteiger partial charge in [0.2, 0.25) is 5.91 Å². The highest BCUT2D eigenvalue weighted by atomic mass is 16.5. The van der Waals surface area contributed by atoms with Crippen LogP contribution in [0.3, 0.4) is 0 Å². The summed E-state index contributed by atoms with van der Waals surface area (Å²) in [6, 6.07) is 8.43. The number of hydrogen-bond acceptors (Lipinski definition) is 6. The molecule has 8 heteroatoms. The lowest BCUT2D eigenvalue weighted by Gasteiger charge is -2.35. The molecule has 3 heterocycles. The van der Waals surface area contributed by atoms with E-state index in [1.54, 1.807) is 26.4 Å². The Bertz CT molecular complexity index is 1530. The van der Waals surface area contributed by atoms with Crippen molar-refractivity contribution in [2.75, 3.05) is 20.8 Å². The van der Waals surface area contributed by atoms with Crippen molar-refractivity contribution < 1.29 is 19.0 Å². The SMILES string of the molecule is COc1ccc2c(c1OC)CCCC2n1c(/C=C/C(=O)NC2CCOC(C)(C)C2)c(C#N)c2c(C)cc(C)nc21. The lowest BCUT2D eigenvalue weighted by Crippen LogP contribution is -2.45. The van der Waals surface area contributed by atoms with Crippen molar-refractivity contribution in [1.82, 2.24) is 14.9 Å². The summed E-state index contributed by atoms with van der Waals surface area (Å²) in [5, 5.41) is 14.3. The van der Waals surface area contributed by atoms with Crippen LogP contribution in [0.25, 0.3) is 17.1 Å². The molecule has 1 amide bonds. The van der Waals surface area contributed by atoms with Gasteiger partial charge in [-0.2, -0.15) is 5.26 Å². The minimum absolute atomic E-state index is 0.0430. The van der Waals surface area contributed by atoms with Gasteiger partial charge in [0.1, 0.15) is 11.7 Å². The summed E-state index contributed by atoms with van der Waals surface area (Å²) in [5.74, 6) is 1.27. The van der Waals surface area contributed by atoms with Crippen molar-refractivity contribution in [2.24, 2.45) is 0 Å². The quantitative estimate of drug-likeness (QED) is 0.410. The molecule has 2 aromatic heterocycles. The average Bonchev–Trinajstić information content (AvgIpc) is 3.23. The van der Waals surface area contributed by atoms with Crippen LogP contribution in [0, 0.1) is 25.2 Å². The highest BCUT2D eigenvalue weighted by molar-refractivity contribution is 5.96. The maximum atomic E-state index is 13.1. The van der Waals surface area contributed by atoms with E-state index in [1.165, 1.54) is 0 Å². The van der Waals surface area contributed by atoms with Crippen molar-refractivity contribution in [3.05, 3.63) is 57.9 Å². The van der Waals surface area contributed by atoms with E-state index in [4.69, 9.17) is 19.2 Å². The van der Waals surface area contributed by atoms with Crippen LogP contribution in [0.4, 0.5) is 0 Å². The molecule has 2 unspecified atom stereocenters. The predicted octanol–water partition coefficient (Wildman–Crippen LogP) is 5.55. The van der Waals surface area contributed by atoms with Crippen LogP contribution in [0.5, 0.6) is 11.5 Å². The molecule has 0 radical (unpaired) electrons. The van der Waals surface area contributed by atoms with Gasteiger partial charge in [-0.15, -0.1) is 0 Å². The number of fused-ring (bicyclic) bond motifs is 2. The molecule has 2 atom stereocenters. The summed E-state index contributed by atoms with van der Waals surface area (Å²) in [5.41, 5.74) is 5.81. The highest BCUT2D eigenvalue weighted by Crippen LogP contribution is 2.45. The third-order valence-electron chi connectivity index (χ3n) is 8.13. The number of carbonyl (C=O) groups is 1. The van der Waals surface area contributed by atoms with Gasteiger partial charge in [0, 0.05) is 35.4 Å². The van der Waals surface area contributed by atoms with Crippen molar-refractivity contribution >= 4 is 23.0 Å². The van der Waals surface area contributed by atoms with Crippen molar-refractivity contribution in [3.8, 4) is 17.6 Å². The molecular formula is C32H38N4O4. The summed E-state index contributed by atoms with van der Waals surface area (Å²) >= 11 is 0. The number of amides is 1. The molecule has 1 N–H and O–H groups in total. The Morgan fingerprint density at radius 2 is 2.05 bits per heavy atom. The van der Waals surface area contributed by atoms with Gasteiger partial charge in [-0.1, -0.05) is 6.07 Å².